The van der Waals surface area contributed by atoms with Gasteiger partial charge in [0.15, 0.2) is 0 Å². The normalized spacial score (nSPS) is 9.36. The lowest BCUT2D eigenvalue weighted by atomic mass is 10.1. The van der Waals surface area contributed by atoms with E-state index in [1.807, 2.05) is 31.3 Å². The summed E-state index contributed by atoms with van der Waals surface area (Å²) in [5.41, 5.74) is 1.29. The number of benzene rings is 1. The van der Waals surface area contributed by atoms with Crippen LogP contribution in [-0.2, 0) is 0 Å². The Kier molecular flexibility index (Phi) is 3.90. The maximum absolute atomic E-state index is 3.82. The summed E-state index contributed by atoms with van der Waals surface area (Å²) in [6.45, 7) is 9.96. The highest BCUT2D eigenvalue weighted by molar-refractivity contribution is 7.19. The summed E-state index contributed by atoms with van der Waals surface area (Å²) in [6.07, 6.45) is 1.94. The molecule has 0 nitrogen and oxygen atoms in total. The highest BCUT2D eigenvalue weighted by atomic mass is 32.1. The maximum atomic E-state index is 3.82. The summed E-state index contributed by atoms with van der Waals surface area (Å²) in [5, 5.41) is 1.33. The lowest BCUT2D eigenvalue weighted by molar-refractivity contribution is 1.50. The molecule has 1 aromatic carbocycles. The van der Waals surface area contributed by atoms with Gasteiger partial charge in [0.1, 0.15) is 0 Å². The van der Waals surface area contributed by atoms with E-state index in [9.17, 15) is 0 Å². The molecular formula is C13H16S. The predicted octanol–water partition coefficient (Wildman–Crippen LogP) is 4.88. The quantitative estimate of drug-likeness (QED) is 0.621. The summed E-state index contributed by atoms with van der Waals surface area (Å²) >= 11 is 1.83. The molecule has 0 saturated carbocycles. The molecule has 14 heavy (non-hydrogen) atoms. The predicted molar refractivity (Wildman–Crippen MR) is 68.0 cm³/mol. The minimum atomic E-state index is 1.29. The SMILES string of the molecule is C=Cc1c(C)sc2ccccc12.CC. The van der Waals surface area contributed by atoms with Gasteiger partial charge >= 0.3 is 0 Å². The zero-order valence-corrected chi connectivity index (χ0v) is 9.82. The molecule has 2 aromatic rings. The van der Waals surface area contributed by atoms with E-state index in [1.165, 1.54) is 20.5 Å². The molecule has 0 amide bonds. The van der Waals surface area contributed by atoms with E-state index >= 15 is 0 Å². The first kappa shape index (κ1) is 11.0. The van der Waals surface area contributed by atoms with E-state index < -0.39 is 0 Å². The van der Waals surface area contributed by atoms with Gasteiger partial charge < -0.3 is 0 Å². The van der Waals surface area contributed by atoms with E-state index in [0.717, 1.165) is 0 Å². The first-order valence-corrected chi connectivity index (χ1v) is 5.75. The van der Waals surface area contributed by atoms with Crippen LogP contribution in [-0.4, -0.2) is 0 Å². The molecular weight excluding hydrogens is 188 g/mol. The molecule has 2 rings (SSSR count). The zero-order chi connectivity index (χ0) is 10.6. The van der Waals surface area contributed by atoms with Crippen LogP contribution in [0.25, 0.3) is 16.2 Å². The van der Waals surface area contributed by atoms with Crippen molar-refractivity contribution >= 4 is 27.5 Å². The van der Waals surface area contributed by atoms with Gasteiger partial charge in [0, 0.05) is 9.58 Å². The maximum Gasteiger partial charge on any atom is 0.0351 e. The molecule has 0 unspecified atom stereocenters. The summed E-state index contributed by atoms with van der Waals surface area (Å²) < 4.78 is 1.35. The van der Waals surface area contributed by atoms with Gasteiger partial charge in [-0.1, -0.05) is 44.7 Å². The van der Waals surface area contributed by atoms with Crippen LogP contribution >= 0.6 is 11.3 Å². The molecule has 0 saturated heterocycles. The Labute approximate surface area is 89.9 Å². The molecule has 0 aliphatic carbocycles. The Morgan fingerprint density at radius 1 is 1.21 bits per heavy atom. The van der Waals surface area contributed by atoms with E-state index in [-0.39, 0.29) is 0 Å². The van der Waals surface area contributed by atoms with E-state index in [0.29, 0.717) is 0 Å². The monoisotopic (exact) mass is 204 g/mol. The third-order valence-corrected chi connectivity index (χ3v) is 3.13. The second-order valence-electron chi connectivity index (χ2n) is 2.77. The third-order valence-electron chi connectivity index (χ3n) is 2.02. The van der Waals surface area contributed by atoms with Gasteiger partial charge in [-0.2, -0.15) is 0 Å². The fourth-order valence-electron chi connectivity index (χ4n) is 1.44. The van der Waals surface area contributed by atoms with Crippen molar-refractivity contribution in [2.45, 2.75) is 20.8 Å². The van der Waals surface area contributed by atoms with Crippen LogP contribution in [0.2, 0.25) is 0 Å². The Balaban J connectivity index is 0.000000461. The molecule has 1 heteroatoms. The lowest BCUT2D eigenvalue weighted by Crippen LogP contribution is -1.69. The van der Waals surface area contributed by atoms with Crippen LogP contribution in [0.3, 0.4) is 0 Å². The molecule has 0 N–H and O–H groups in total. The standard InChI is InChI=1S/C11H10S.C2H6/c1-3-9-8(2)12-11-7-5-4-6-10(9)11;1-2/h3-7H,1H2,2H3;1-2H3. The number of hydrogen-bond donors (Lipinski definition) is 0. The Hall–Kier alpha value is -1.08. The van der Waals surface area contributed by atoms with Crippen LogP contribution < -0.4 is 0 Å². The van der Waals surface area contributed by atoms with Gasteiger partial charge in [0.25, 0.3) is 0 Å². The average molecular weight is 204 g/mol. The van der Waals surface area contributed by atoms with E-state index in [2.05, 4.69) is 37.8 Å². The highest BCUT2D eigenvalue weighted by Crippen LogP contribution is 2.30. The first-order valence-electron chi connectivity index (χ1n) is 4.93. The molecule has 0 spiro atoms. The molecule has 0 radical (unpaired) electrons. The molecule has 0 aliphatic heterocycles. The van der Waals surface area contributed by atoms with Crippen molar-refractivity contribution in [3.63, 3.8) is 0 Å². The topological polar surface area (TPSA) is 0 Å². The van der Waals surface area contributed by atoms with Gasteiger partial charge in [0.2, 0.25) is 0 Å². The number of rotatable bonds is 1. The summed E-state index contributed by atoms with van der Waals surface area (Å²) in [7, 11) is 0. The molecule has 0 aliphatic rings. The van der Waals surface area contributed by atoms with E-state index in [1.54, 1.807) is 0 Å². The van der Waals surface area contributed by atoms with Crippen molar-refractivity contribution in [1.29, 1.82) is 0 Å². The summed E-state index contributed by atoms with van der Waals surface area (Å²) in [4.78, 5) is 1.35. The number of hydrogen-bond acceptors (Lipinski definition) is 1. The average Bonchev–Trinajstić information content (AvgIpc) is 2.56. The highest BCUT2D eigenvalue weighted by Gasteiger charge is 2.03. The van der Waals surface area contributed by atoms with Gasteiger partial charge in [-0.3, -0.25) is 0 Å². The Morgan fingerprint density at radius 3 is 2.50 bits per heavy atom. The van der Waals surface area contributed by atoms with Crippen molar-refractivity contribution in [3.05, 3.63) is 41.3 Å². The minimum Gasteiger partial charge on any atom is -0.140 e. The number of fused-ring (bicyclic) bond motifs is 1. The van der Waals surface area contributed by atoms with Gasteiger partial charge in [-0.25, -0.2) is 0 Å². The van der Waals surface area contributed by atoms with Crippen LogP contribution in [0, 0.1) is 6.92 Å². The smallest absolute Gasteiger partial charge is 0.0351 e. The second kappa shape index (κ2) is 4.97. The van der Waals surface area contributed by atoms with E-state index in [4.69, 9.17) is 0 Å². The summed E-state index contributed by atoms with van der Waals surface area (Å²) in [5.74, 6) is 0. The number of aryl methyl sites for hydroxylation is 1. The van der Waals surface area contributed by atoms with Gasteiger partial charge in [0.05, 0.1) is 0 Å². The van der Waals surface area contributed by atoms with Crippen molar-refractivity contribution in [2.75, 3.05) is 0 Å². The first-order chi connectivity index (χ1) is 6.83. The molecule has 74 valence electrons. The number of thiophene rings is 1. The third kappa shape index (κ3) is 1.88. The molecule has 0 fully saturated rings. The minimum absolute atomic E-state index is 1.29. The lowest BCUT2D eigenvalue weighted by Gasteiger charge is -1.90. The van der Waals surface area contributed by atoms with Gasteiger partial charge in [-0.15, -0.1) is 11.3 Å². The zero-order valence-electron chi connectivity index (χ0n) is 9.00. The van der Waals surface area contributed by atoms with Crippen molar-refractivity contribution in [3.8, 4) is 0 Å². The van der Waals surface area contributed by atoms with Crippen LogP contribution in [0.1, 0.15) is 24.3 Å². The van der Waals surface area contributed by atoms with Crippen LogP contribution in [0.15, 0.2) is 30.8 Å². The van der Waals surface area contributed by atoms with Gasteiger partial charge in [-0.05, 0) is 23.9 Å². The van der Waals surface area contributed by atoms with Crippen molar-refractivity contribution < 1.29 is 0 Å². The molecule has 1 aromatic heterocycles. The summed E-state index contributed by atoms with van der Waals surface area (Å²) in [6, 6.07) is 8.45. The fraction of sp³-hybridized carbons (Fsp3) is 0.231. The molecule has 0 atom stereocenters. The van der Waals surface area contributed by atoms with Crippen LogP contribution in [0.4, 0.5) is 0 Å². The van der Waals surface area contributed by atoms with Crippen LogP contribution in [0.5, 0.6) is 0 Å². The van der Waals surface area contributed by atoms with Crippen molar-refractivity contribution in [2.24, 2.45) is 0 Å². The fourth-order valence-corrected chi connectivity index (χ4v) is 2.51. The molecule has 0 bridgehead atoms. The largest absolute Gasteiger partial charge is 0.140 e. The molecule has 1 heterocycles. The Bertz CT molecular complexity index is 424. The Morgan fingerprint density at radius 2 is 1.86 bits per heavy atom. The second-order valence-corrected chi connectivity index (χ2v) is 4.03. The van der Waals surface area contributed by atoms with Crippen molar-refractivity contribution in [1.82, 2.24) is 0 Å².